The number of hydrogen-bond donors (Lipinski definition) is 2. The van der Waals surface area contributed by atoms with Gasteiger partial charge in [0, 0.05) is 40.7 Å². The number of aromatic nitrogens is 5. The molecule has 0 saturated heterocycles. The second-order valence-electron chi connectivity index (χ2n) is 14.2. The van der Waals surface area contributed by atoms with Gasteiger partial charge in [0.05, 0.1) is 18.0 Å². The summed E-state index contributed by atoms with van der Waals surface area (Å²) < 4.78 is 7.24. The zero-order chi connectivity index (χ0) is 37.8. The Morgan fingerprint density at radius 2 is 1.58 bits per heavy atom. The summed E-state index contributed by atoms with van der Waals surface area (Å²) in [5.41, 5.74) is 3.37. The normalized spacial score (nSPS) is 12.6. The molecule has 5 rings (SSSR count). The van der Waals surface area contributed by atoms with Crippen molar-refractivity contribution >= 4 is 29.0 Å². The Labute approximate surface area is 314 Å². The number of nitrogens with zero attached hydrogens (tertiary/aromatic N) is 5. The van der Waals surface area contributed by atoms with Crippen LogP contribution in [0.4, 0.5) is 0 Å². The summed E-state index contributed by atoms with van der Waals surface area (Å²) in [6.45, 7) is 9.07. The van der Waals surface area contributed by atoms with Crippen LogP contribution < -0.4 is 10.1 Å². The van der Waals surface area contributed by atoms with Gasteiger partial charge in [-0.1, -0.05) is 89.8 Å². The highest BCUT2D eigenvalue weighted by Gasteiger charge is 2.29. The van der Waals surface area contributed by atoms with E-state index >= 15 is 0 Å². The van der Waals surface area contributed by atoms with E-state index in [4.69, 9.17) is 4.74 Å². The van der Waals surface area contributed by atoms with Crippen LogP contribution in [0.5, 0.6) is 5.75 Å². The van der Waals surface area contributed by atoms with Crippen molar-refractivity contribution in [3.63, 3.8) is 0 Å². The summed E-state index contributed by atoms with van der Waals surface area (Å²) in [6.07, 6.45) is 12.4. The van der Waals surface area contributed by atoms with Gasteiger partial charge in [0.2, 0.25) is 5.91 Å². The topological polar surface area (TPSA) is 149 Å². The summed E-state index contributed by atoms with van der Waals surface area (Å²) in [5.74, 6) is -1.32. The van der Waals surface area contributed by atoms with E-state index in [0.29, 0.717) is 10.7 Å². The molecule has 0 unspecified atom stereocenters. The number of carbonyl (C=O) groups is 3. The van der Waals surface area contributed by atoms with Crippen molar-refractivity contribution in [1.29, 1.82) is 0 Å². The predicted octanol–water partition coefficient (Wildman–Crippen LogP) is 7.81. The Balaban J connectivity index is 1.25. The first-order valence-electron chi connectivity index (χ1n) is 18.1. The van der Waals surface area contributed by atoms with Gasteiger partial charge in [0.15, 0.2) is 11.6 Å². The summed E-state index contributed by atoms with van der Waals surface area (Å²) in [7, 11) is 0. The monoisotopic (exact) mass is 736 g/mol. The number of unbranched alkanes of at least 4 members (excludes halogenated alkanes) is 4. The van der Waals surface area contributed by atoms with Gasteiger partial charge in [-0.05, 0) is 53.6 Å². The lowest BCUT2D eigenvalue weighted by Gasteiger charge is -2.20. The number of ketones is 1. The van der Waals surface area contributed by atoms with Crippen molar-refractivity contribution < 1.29 is 24.2 Å². The molecule has 1 amide bonds. The molecule has 0 aliphatic carbocycles. The summed E-state index contributed by atoms with van der Waals surface area (Å²) in [4.78, 5) is 54.0. The van der Waals surface area contributed by atoms with E-state index in [1.54, 1.807) is 18.5 Å². The van der Waals surface area contributed by atoms with Crippen LogP contribution in [0.3, 0.4) is 0 Å². The third kappa shape index (κ3) is 11.4. The maximum absolute atomic E-state index is 13.7. The van der Waals surface area contributed by atoms with E-state index < -0.39 is 23.8 Å². The molecule has 278 valence electrons. The minimum atomic E-state index is -1.25. The highest BCUT2D eigenvalue weighted by molar-refractivity contribution is 7.14. The lowest BCUT2D eigenvalue weighted by atomic mass is 9.92. The van der Waals surface area contributed by atoms with Crippen LogP contribution in [0.1, 0.15) is 86.3 Å². The van der Waals surface area contributed by atoms with Gasteiger partial charge in [-0.25, -0.2) is 19.7 Å². The van der Waals surface area contributed by atoms with E-state index in [9.17, 15) is 19.5 Å². The number of ether oxygens (including phenoxy) is 1. The summed E-state index contributed by atoms with van der Waals surface area (Å²) in [5, 5.41) is 16.5. The van der Waals surface area contributed by atoms with Gasteiger partial charge in [0.25, 0.3) is 0 Å². The molecule has 0 spiro atoms. The number of carboxylic acid groups (broad SMARTS) is 1. The smallest absolute Gasteiger partial charge is 0.328 e. The minimum absolute atomic E-state index is 0.0793. The second-order valence-corrected chi connectivity index (χ2v) is 15.3. The fourth-order valence-corrected chi connectivity index (χ4v) is 6.81. The maximum Gasteiger partial charge on any atom is 0.328 e. The molecule has 2 N–H and O–H groups in total. The quantitative estimate of drug-likeness (QED) is 0.0639. The van der Waals surface area contributed by atoms with Crippen molar-refractivity contribution in [3.05, 3.63) is 101 Å². The maximum atomic E-state index is 13.7. The first-order valence-corrected chi connectivity index (χ1v) is 19.0. The van der Waals surface area contributed by atoms with Crippen LogP contribution in [0.2, 0.25) is 0 Å². The molecule has 0 saturated carbocycles. The Bertz CT molecular complexity index is 1920. The molecular weight excluding hydrogens is 689 g/mol. The average molecular weight is 737 g/mol. The number of aliphatic carboxylic acids is 1. The fraction of sp³-hybridized carbons (Fsp3) is 0.390. The number of rotatable bonds is 19. The molecule has 53 heavy (non-hydrogen) atoms. The van der Waals surface area contributed by atoms with Crippen molar-refractivity contribution in [1.82, 2.24) is 30.0 Å². The third-order valence-electron chi connectivity index (χ3n) is 8.92. The number of carbonyl (C=O) groups excluding carboxylic acids is 2. The predicted molar refractivity (Wildman–Crippen MR) is 206 cm³/mol. The zero-order valence-corrected chi connectivity index (χ0v) is 31.6. The Morgan fingerprint density at radius 3 is 2.21 bits per heavy atom. The zero-order valence-electron chi connectivity index (χ0n) is 30.8. The van der Waals surface area contributed by atoms with Gasteiger partial charge in [-0.2, -0.15) is 5.10 Å². The largest absolute Gasteiger partial charge is 0.494 e. The van der Waals surface area contributed by atoms with Crippen molar-refractivity contribution in [2.24, 2.45) is 5.92 Å². The first-order chi connectivity index (χ1) is 25.5. The molecule has 5 aromatic rings. The first kappa shape index (κ1) is 39.0. The van der Waals surface area contributed by atoms with E-state index in [2.05, 4.69) is 53.1 Å². The number of carboxylic acids is 1. The van der Waals surface area contributed by atoms with Crippen LogP contribution >= 0.6 is 11.3 Å². The van der Waals surface area contributed by atoms with Gasteiger partial charge in [0.1, 0.15) is 24.4 Å². The van der Waals surface area contributed by atoms with Gasteiger partial charge < -0.3 is 15.2 Å². The fourth-order valence-electron chi connectivity index (χ4n) is 5.80. The van der Waals surface area contributed by atoms with Crippen LogP contribution in [0.15, 0.2) is 85.7 Å². The standard InChI is InChI=1S/C41H48N6O5S/c1-5-6-7-8-9-20-52-33-16-14-29(15-17-33)32-23-43-38(44-24-32)30-12-10-28(11-13-30)21-31(22-35(48)36-18-19-37(53-36)41(2,3)4)39(49)46-34(40(50)51)25-47-27-42-26-45-47/h10-19,23-24,26-27,31,34H,5-9,20-22,25H2,1-4H3,(H,46,49)(H,50,51)/t31-,34+/m1/s1. The van der Waals surface area contributed by atoms with Gasteiger partial charge >= 0.3 is 5.97 Å². The van der Waals surface area contributed by atoms with Crippen molar-refractivity contribution in [3.8, 4) is 28.3 Å². The minimum Gasteiger partial charge on any atom is -0.494 e. The molecule has 0 radical (unpaired) electrons. The number of hydrogen-bond acceptors (Lipinski definition) is 9. The highest BCUT2D eigenvalue weighted by Crippen LogP contribution is 2.31. The molecule has 0 fully saturated rings. The number of nitrogens with one attached hydrogen (secondary N) is 1. The molecule has 11 nitrogen and oxygen atoms in total. The van der Waals surface area contributed by atoms with E-state index in [0.717, 1.165) is 45.9 Å². The molecule has 0 bridgehead atoms. The SMILES string of the molecule is CCCCCCCOc1ccc(-c2cnc(-c3ccc(C[C@H](CC(=O)c4ccc(C(C)(C)C)s4)C(=O)N[C@@H](Cn4cncn4)C(=O)O)cc3)nc2)cc1. The molecule has 0 aliphatic heterocycles. The molecule has 2 aromatic carbocycles. The Kier molecular flexibility index (Phi) is 13.6. The molecule has 0 aliphatic rings. The number of amides is 1. The van der Waals surface area contributed by atoms with E-state index in [1.807, 2.05) is 54.6 Å². The molecule has 12 heteroatoms. The molecular formula is C41H48N6O5S. The van der Waals surface area contributed by atoms with Crippen LogP contribution in [0.25, 0.3) is 22.5 Å². The van der Waals surface area contributed by atoms with E-state index in [1.165, 1.54) is 54.4 Å². The molecule has 3 aromatic heterocycles. The molecule has 2 atom stereocenters. The van der Waals surface area contributed by atoms with E-state index in [-0.39, 0.29) is 30.6 Å². The summed E-state index contributed by atoms with van der Waals surface area (Å²) >= 11 is 1.42. The second kappa shape index (κ2) is 18.5. The van der Waals surface area contributed by atoms with Gasteiger partial charge in [-0.15, -0.1) is 11.3 Å². The number of Topliss-reactive ketones (excluding diaryl/α,β-unsaturated/α-hetero) is 1. The van der Waals surface area contributed by atoms with Crippen molar-refractivity contribution in [2.75, 3.05) is 6.61 Å². The van der Waals surface area contributed by atoms with Crippen LogP contribution in [-0.4, -0.2) is 60.1 Å². The lowest BCUT2D eigenvalue weighted by Crippen LogP contribution is -2.46. The lowest BCUT2D eigenvalue weighted by molar-refractivity contribution is -0.143. The average Bonchev–Trinajstić information content (AvgIpc) is 3.87. The third-order valence-corrected chi connectivity index (χ3v) is 10.5. The van der Waals surface area contributed by atoms with Crippen LogP contribution in [0, 0.1) is 5.92 Å². The summed E-state index contributed by atoms with van der Waals surface area (Å²) in [6, 6.07) is 18.0. The Hall–Kier alpha value is -5.23. The van der Waals surface area contributed by atoms with Crippen LogP contribution in [-0.2, 0) is 28.0 Å². The molecule has 3 heterocycles. The van der Waals surface area contributed by atoms with Gasteiger partial charge in [-0.3, -0.25) is 14.3 Å². The van der Waals surface area contributed by atoms with Crippen molar-refractivity contribution in [2.45, 2.75) is 90.6 Å². The Morgan fingerprint density at radius 1 is 0.887 bits per heavy atom. The highest BCUT2D eigenvalue weighted by atomic mass is 32.1. The number of benzene rings is 2. The number of thiophene rings is 1.